The van der Waals surface area contributed by atoms with Crippen molar-refractivity contribution < 1.29 is 19.8 Å². The molecule has 4 aliphatic rings. The Labute approximate surface area is 422 Å². The zero-order valence-corrected chi connectivity index (χ0v) is 41.5. The van der Waals surface area contributed by atoms with Gasteiger partial charge in [0.25, 0.3) is 11.1 Å². The zero-order valence-electron chi connectivity index (χ0n) is 41.5. The average Bonchev–Trinajstić information content (AvgIpc) is 3.74. The topological polar surface area (TPSA) is 149 Å². The molecule has 6 aromatic rings. The quantitative estimate of drug-likeness (QED) is 0.0864. The second kappa shape index (κ2) is 22.2. The molecule has 372 valence electrons. The molecule has 0 radical (unpaired) electrons. The predicted molar refractivity (Wildman–Crippen MR) is 282 cm³/mol. The lowest BCUT2D eigenvalue weighted by molar-refractivity contribution is -0.129. The number of benzene rings is 4. The number of aliphatic hydroxyl groups is 2. The van der Waals surface area contributed by atoms with E-state index in [9.17, 15) is 29.4 Å². The van der Waals surface area contributed by atoms with Crippen molar-refractivity contribution in [2.45, 2.75) is 90.1 Å². The molecular weight excluding hydrogens is 901 g/mol. The molecule has 6 heterocycles. The number of hydrogen-bond donors (Lipinski definition) is 4. The lowest BCUT2D eigenvalue weighted by atomic mass is 9.86. The highest BCUT2D eigenvalue weighted by molar-refractivity contribution is 5.82. The molecule has 4 aromatic carbocycles. The van der Waals surface area contributed by atoms with Gasteiger partial charge in [0.05, 0.1) is 36.0 Å². The van der Waals surface area contributed by atoms with Crippen molar-refractivity contribution >= 4 is 24.0 Å². The molecule has 2 amide bonds. The highest BCUT2D eigenvalue weighted by Gasteiger charge is 2.57. The third kappa shape index (κ3) is 9.84. The molecule has 0 unspecified atom stereocenters. The standard InChI is InChI=1S/2C30H33N3O3/c2*1-3-10-23-15-16-25-28-27(29(35)31-20(2)22-13-8-5-9-14-22)24(19-34)26(18-33(25)30(23)36)32(28)17-21-11-6-4-7-12-21/h2*3-16,20,24,26-28,34H,17-19H2,1-2H3,(H,31,35)/b10-3+;10-3-/t2*20-,24-,26-,27+,28+/m11/s1. The van der Waals surface area contributed by atoms with Gasteiger partial charge in [0.15, 0.2) is 0 Å². The number of aliphatic hydroxyl groups excluding tert-OH is 2. The number of carbonyl (C=O) groups excluding carboxylic acids is 2. The van der Waals surface area contributed by atoms with Crippen LogP contribution in [0.2, 0.25) is 0 Å². The zero-order chi connectivity index (χ0) is 50.5. The third-order valence-electron chi connectivity index (χ3n) is 15.4. The van der Waals surface area contributed by atoms with Crippen LogP contribution in [0.1, 0.15) is 96.6 Å². The largest absolute Gasteiger partial charge is 0.396 e. The van der Waals surface area contributed by atoms with Crippen LogP contribution in [0.25, 0.3) is 12.2 Å². The van der Waals surface area contributed by atoms with E-state index in [4.69, 9.17) is 0 Å². The molecule has 0 saturated carbocycles. The van der Waals surface area contributed by atoms with Crippen LogP contribution in [-0.4, -0.2) is 66.3 Å². The van der Waals surface area contributed by atoms with Gasteiger partial charge in [-0.1, -0.05) is 146 Å². The first-order chi connectivity index (χ1) is 35.1. The molecule has 72 heavy (non-hydrogen) atoms. The van der Waals surface area contributed by atoms with E-state index in [0.717, 1.165) is 33.6 Å². The van der Waals surface area contributed by atoms with Crippen molar-refractivity contribution in [2.24, 2.45) is 23.7 Å². The first-order valence-electron chi connectivity index (χ1n) is 25.3. The summed E-state index contributed by atoms with van der Waals surface area (Å²) in [5.41, 5.74) is 7.20. The minimum absolute atomic E-state index is 0.0460. The molecule has 10 rings (SSSR count). The molecule has 4 N–H and O–H groups in total. The minimum atomic E-state index is -0.476. The number of nitrogens with zero attached hydrogens (tertiary/aromatic N) is 4. The van der Waals surface area contributed by atoms with E-state index in [1.54, 1.807) is 0 Å². The second-order valence-electron chi connectivity index (χ2n) is 19.6. The molecule has 12 heteroatoms. The number of amides is 2. The van der Waals surface area contributed by atoms with Crippen LogP contribution in [0.3, 0.4) is 0 Å². The summed E-state index contributed by atoms with van der Waals surface area (Å²) in [4.78, 5) is 59.0. The van der Waals surface area contributed by atoms with E-state index in [0.29, 0.717) is 37.3 Å². The van der Waals surface area contributed by atoms with E-state index in [1.165, 1.54) is 0 Å². The normalized spacial score (nSPS) is 24.0. The van der Waals surface area contributed by atoms with Gasteiger partial charge < -0.3 is 30.0 Å². The van der Waals surface area contributed by atoms with E-state index in [1.807, 2.05) is 182 Å². The van der Waals surface area contributed by atoms with Crippen molar-refractivity contribution in [1.29, 1.82) is 0 Å². The Hall–Kier alpha value is -6.96. The summed E-state index contributed by atoms with van der Waals surface area (Å²) >= 11 is 0. The highest BCUT2D eigenvalue weighted by Crippen LogP contribution is 2.50. The fraction of sp³-hybridized carbons (Fsp3) is 0.333. The molecule has 0 spiro atoms. The number of carbonyl (C=O) groups is 2. The van der Waals surface area contributed by atoms with Gasteiger partial charge >= 0.3 is 0 Å². The number of hydrogen-bond acceptors (Lipinski definition) is 8. The summed E-state index contributed by atoms with van der Waals surface area (Å²) in [6.07, 6.45) is 7.37. The van der Waals surface area contributed by atoms with Crippen LogP contribution < -0.4 is 21.8 Å². The maximum Gasteiger partial charge on any atom is 0.258 e. The van der Waals surface area contributed by atoms with Crippen molar-refractivity contribution in [3.8, 4) is 0 Å². The number of nitrogens with one attached hydrogen (secondary N) is 2. The Kier molecular flexibility index (Phi) is 15.4. The third-order valence-corrected chi connectivity index (χ3v) is 15.4. The molecule has 10 atom stereocenters. The van der Waals surface area contributed by atoms with Crippen LogP contribution in [0, 0.1) is 23.7 Å². The molecule has 0 aliphatic carbocycles. The first kappa shape index (κ1) is 50.0. The van der Waals surface area contributed by atoms with Crippen molar-refractivity contribution in [2.75, 3.05) is 13.2 Å². The number of pyridine rings is 2. The summed E-state index contributed by atoms with van der Waals surface area (Å²) in [5, 5.41) is 27.5. The summed E-state index contributed by atoms with van der Waals surface area (Å²) in [5.74, 6) is -1.70. The molecule has 4 aliphatic heterocycles. The van der Waals surface area contributed by atoms with Gasteiger partial charge in [-0.05, 0) is 74.2 Å². The SMILES string of the molecule is C/C=C/c1ccc2n(c1=O)C[C@@H]1[C@@H](CO)[C@H](C(=O)N[C@H](C)c3ccccc3)[C@H]2N1Cc1ccccc1.C/C=C\c1ccc2n(c1=O)C[C@@H]1[C@@H](CO)[C@H](C(=O)N[C@H](C)c3ccccc3)[C@H]2N1Cc1ccccc1. The summed E-state index contributed by atoms with van der Waals surface area (Å²) < 4.78 is 3.64. The molecule has 12 nitrogen and oxygen atoms in total. The summed E-state index contributed by atoms with van der Waals surface area (Å²) in [7, 11) is 0. The average molecular weight is 967 g/mol. The monoisotopic (exact) mass is 967 g/mol. The summed E-state index contributed by atoms with van der Waals surface area (Å²) in [6, 6.07) is 46.6. The van der Waals surface area contributed by atoms with Crippen LogP contribution in [0.4, 0.5) is 0 Å². The Bertz CT molecular complexity index is 2810. The van der Waals surface area contributed by atoms with Crippen molar-refractivity contribution in [1.82, 2.24) is 29.6 Å². The van der Waals surface area contributed by atoms with E-state index in [-0.39, 0.29) is 84.2 Å². The van der Waals surface area contributed by atoms with Crippen molar-refractivity contribution in [3.63, 3.8) is 0 Å². The predicted octanol–water partition coefficient (Wildman–Crippen LogP) is 7.85. The van der Waals surface area contributed by atoms with Crippen molar-refractivity contribution in [3.05, 3.63) is 223 Å². The molecular formula is C60H66N6O6. The summed E-state index contributed by atoms with van der Waals surface area (Å²) in [6.45, 7) is 9.71. The van der Waals surface area contributed by atoms with E-state index in [2.05, 4.69) is 44.7 Å². The minimum Gasteiger partial charge on any atom is -0.396 e. The van der Waals surface area contributed by atoms with Crippen LogP contribution >= 0.6 is 0 Å². The van der Waals surface area contributed by atoms with Gasteiger partial charge in [-0.3, -0.25) is 29.0 Å². The van der Waals surface area contributed by atoms with Gasteiger partial charge in [0.1, 0.15) is 0 Å². The van der Waals surface area contributed by atoms with Crippen LogP contribution in [-0.2, 0) is 35.8 Å². The molecule has 4 bridgehead atoms. The van der Waals surface area contributed by atoms with Gasteiger partial charge in [-0.15, -0.1) is 0 Å². The second-order valence-corrected chi connectivity index (χ2v) is 19.6. The Balaban J connectivity index is 0.000000178. The van der Waals surface area contributed by atoms with Crippen LogP contribution in [0.5, 0.6) is 0 Å². The maximum atomic E-state index is 13.9. The Morgan fingerprint density at radius 1 is 0.542 bits per heavy atom. The van der Waals surface area contributed by atoms with E-state index >= 15 is 0 Å². The number of rotatable bonds is 14. The Morgan fingerprint density at radius 2 is 0.889 bits per heavy atom. The molecule has 2 fully saturated rings. The molecule has 2 aromatic heterocycles. The maximum absolute atomic E-state index is 13.9. The van der Waals surface area contributed by atoms with Gasteiger partial charge in [0.2, 0.25) is 11.8 Å². The fourth-order valence-electron chi connectivity index (χ4n) is 12.0. The smallest absolute Gasteiger partial charge is 0.258 e. The Morgan fingerprint density at radius 3 is 1.22 bits per heavy atom. The lowest BCUT2D eigenvalue weighted by Gasteiger charge is -2.38. The fourth-order valence-corrected chi connectivity index (χ4v) is 12.0. The number of allylic oxidation sites excluding steroid dienone is 2. The van der Waals surface area contributed by atoms with Crippen LogP contribution in [0.15, 0.2) is 167 Å². The first-order valence-corrected chi connectivity index (χ1v) is 25.3. The van der Waals surface area contributed by atoms with Gasteiger partial charge in [0, 0.05) is 85.8 Å². The van der Waals surface area contributed by atoms with Gasteiger partial charge in [-0.25, -0.2) is 0 Å². The number of aromatic nitrogens is 2. The van der Waals surface area contributed by atoms with Gasteiger partial charge in [-0.2, -0.15) is 0 Å². The van der Waals surface area contributed by atoms with E-state index < -0.39 is 11.8 Å². The lowest BCUT2D eigenvalue weighted by Crippen LogP contribution is -2.46. The number of fused-ring (bicyclic) bond motifs is 8. The molecule has 2 saturated heterocycles. The highest BCUT2D eigenvalue weighted by atomic mass is 16.3.